The molecule has 0 fully saturated rings. The highest BCUT2D eigenvalue weighted by Gasteiger charge is 2.07. The molecule has 0 aliphatic carbocycles. The van der Waals surface area contributed by atoms with Crippen LogP contribution in [0.25, 0.3) is 0 Å². The molecule has 2 amide bonds. The van der Waals surface area contributed by atoms with Crippen molar-refractivity contribution >= 4 is 23.2 Å². The lowest BCUT2D eigenvalue weighted by atomic mass is 10.2. The number of carbonyl (C=O) groups is 2. The Balaban J connectivity index is 2.63. The van der Waals surface area contributed by atoms with Crippen molar-refractivity contribution in [3.8, 4) is 0 Å². The summed E-state index contributed by atoms with van der Waals surface area (Å²) >= 11 is 0. The number of halogens is 1. The summed E-state index contributed by atoms with van der Waals surface area (Å²) in [6.07, 6.45) is 1.43. The number of anilines is 2. The molecule has 1 aromatic carbocycles. The molecule has 19 heavy (non-hydrogen) atoms. The van der Waals surface area contributed by atoms with Crippen LogP contribution >= 0.6 is 0 Å². The molecule has 0 bridgehead atoms. The second kappa shape index (κ2) is 7.48. The zero-order valence-corrected chi connectivity index (χ0v) is 10.7. The molecule has 0 unspecified atom stereocenters. The molecule has 6 heteroatoms. The van der Waals surface area contributed by atoms with Crippen molar-refractivity contribution in [3.05, 3.63) is 24.0 Å². The second-order valence-corrected chi connectivity index (χ2v) is 4.10. The standard InChI is InChI=1S/C13H17FN2O3/c1-9(18)15-12-8-10(5-6-11(12)14)16-13(19)4-2-3-7-17/h5-6,8,17H,2-4,7H2,1H3,(H,15,18)(H,16,19). The Hall–Kier alpha value is -1.95. The molecule has 0 spiro atoms. The van der Waals surface area contributed by atoms with Gasteiger partial charge in [-0.15, -0.1) is 0 Å². The SMILES string of the molecule is CC(=O)Nc1cc(NC(=O)CCCCO)ccc1F. The monoisotopic (exact) mass is 268 g/mol. The predicted molar refractivity (Wildman–Crippen MR) is 70.3 cm³/mol. The Morgan fingerprint density at radius 2 is 2.00 bits per heavy atom. The Labute approximate surface area is 110 Å². The molecular weight excluding hydrogens is 251 g/mol. The number of rotatable bonds is 6. The van der Waals surface area contributed by atoms with Crippen molar-refractivity contribution in [2.24, 2.45) is 0 Å². The van der Waals surface area contributed by atoms with Crippen LogP contribution in [0.15, 0.2) is 18.2 Å². The third-order valence-corrected chi connectivity index (χ3v) is 2.37. The van der Waals surface area contributed by atoms with Gasteiger partial charge in [-0.25, -0.2) is 4.39 Å². The lowest BCUT2D eigenvalue weighted by Crippen LogP contribution is -2.13. The topological polar surface area (TPSA) is 78.4 Å². The summed E-state index contributed by atoms with van der Waals surface area (Å²) in [4.78, 5) is 22.4. The largest absolute Gasteiger partial charge is 0.396 e. The number of nitrogens with one attached hydrogen (secondary N) is 2. The van der Waals surface area contributed by atoms with Crippen molar-refractivity contribution in [1.29, 1.82) is 0 Å². The molecule has 0 aliphatic heterocycles. The van der Waals surface area contributed by atoms with Gasteiger partial charge in [0, 0.05) is 25.6 Å². The van der Waals surface area contributed by atoms with E-state index in [1.54, 1.807) is 0 Å². The Morgan fingerprint density at radius 1 is 1.26 bits per heavy atom. The summed E-state index contributed by atoms with van der Waals surface area (Å²) in [7, 11) is 0. The molecule has 0 saturated carbocycles. The predicted octanol–water partition coefficient (Wildman–Crippen LogP) is 1.89. The summed E-state index contributed by atoms with van der Waals surface area (Å²) in [6, 6.07) is 3.96. The van der Waals surface area contributed by atoms with Gasteiger partial charge in [-0.3, -0.25) is 9.59 Å². The first-order chi connectivity index (χ1) is 9.02. The Morgan fingerprint density at radius 3 is 2.63 bits per heavy atom. The van der Waals surface area contributed by atoms with Crippen LogP contribution in [-0.4, -0.2) is 23.5 Å². The third-order valence-electron chi connectivity index (χ3n) is 2.37. The molecule has 0 saturated heterocycles. The van der Waals surface area contributed by atoms with E-state index in [4.69, 9.17) is 5.11 Å². The van der Waals surface area contributed by atoms with Crippen LogP contribution in [0.5, 0.6) is 0 Å². The summed E-state index contributed by atoms with van der Waals surface area (Å²) in [5.41, 5.74) is 0.444. The van der Waals surface area contributed by atoms with E-state index in [0.29, 0.717) is 18.5 Å². The maximum atomic E-state index is 13.4. The van der Waals surface area contributed by atoms with E-state index in [1.165, 1.54) is 25.1 Å². The van der Waals surface area contributed by atoms with Gasteiger partial charge in [0.05, 0.1) is 5.69 Å². The average molecular weight is 268 g/mol. The number of carbonyl (C=O) groups excluding carboxylic acids is 2. The van der Waals surface area contributed by atoms with Gasteiger partial charge < -0.3 is 15.7 Å². The van der Waals surface area contributed by atoms with Gasteiger partial charge in [-0.05, 0) is 31.0 Å². The number of aliphatic hydroxyl groups is 1. The molecule has 0 aliphatic rings. The molecule has 5 nitrogen and oxygen atoms in total. The van der Waals surface area contributed by atoms with Gasteiger partial charge >= 0.3 is 0 Å². The molecule has 3 N–H and O–H groups in total. The number of hydrogen-bond donors (Lipinski definition) is 3. The van der Waals surface area contributed by atoms with Crippen LogP contribution in [-0.2, 0) is 9.59 Å². The Bertz CT molecular complexity index is 463. The second-order valence-electron chi connectivity index (χ2n) is 4.10. The van der Waals surface area contributed by atoms with Crippen LogP contribution in [0.3, 0.4) is 0 Å². The molecule has 1 aromatic rings. The molecule has 0 aromatic heterocycles. The van der Waals surface area contributed by atoms with Crippen molar-refractivity contribution in [2.45, 2.75) is 26.2 Å². The highest BCUT2D eigenvalue weighted by molar-refractivity contribution is 5.93. The van der Waals surface area contributed by atoms with E-state index in [-0.39, 0.29) is 30.5 Å². The lowest BCUT2D eigenvalue weighted by molar-refractivity contribution is -0.116. The highest BCUT2D eigenvalue weighted by atomic mass is 19.1. The lowest BCUT2D eigenvalue weighted by Gasteiger charge is -2.08. The maximum absolute atomic E-state index is 13.4. The zero-order chi connectivity index (χ0) is 14.3. The van der Waals surface area contributed by atoms with E-state index in [2.05, 4.69) is 10.6 Å². The minimum Gasteiger partial charge on any atom is -0.396 e. The van der Waals surface area contributed by atoms with Crippen LogP contribution in [0.2, 0.25) is 0 Å². The number of unbranched alkanes of at least 4 members (excludes halogenated alkanes) is 1. The van der Waals surface area contributed by atoms with Gasteiger partial charge in [0.25, 0.3) is 0 Å². The number of aliphatic hydroxyl groups excluding tert-OH is 1. The van der Waals surface area contributed by atoms with Gasteiger partial charge in [-0.2, -0.15) is 0 Å². The normalized spacial score (nSPS) is 10.1. The molecular formula is C13H17FN2O3. The van der Waals surface area contributed by atoms with E-state index in [0.717, 1.165) is 0 Å². The summed E-state index contributed by atoms with van der Waals surface area (Å²) in [5, 5.41) is 13.6. The quantitative estimate of drug-likeness (QED) is 0.689. The van der Waals surface area contributed by atoms with Crippen LogP contribution in [0, 0.1) is 5.82 Å². The fourth-order valence-electron chi connectivity index (χ4n) is 1.51. The fourth-order valence-corrected chi connectivity index (χ4v) is 1.51. The first-order valence-electron chi connectivity index (χ1n) is 6.01. The summed E-state index contributed by atoms with van der Waals surface area (Å²) in [6.45, 7) is 1.33. The number of hydrogen-bond acceptors (Lipinski definition) is 3. The first kappa shape index (κ1) is 15.1. The van der Waals surface area contributed by atoms with Crippen molar-refractivity contribution in [2.75, 3.05) is 17.2 Å². The Kier molecular flexibility index (Phi) is 5.95. The fraction of sp³-hybridized carbons (Fsp3) is 0.385. The third kappa shape index (κ3) is 5.48. The summed E-state index contributed by atoms with van der Waals surface area (Å²) < 4.78 is 13.4. The van der Waals surface area contributed by atoms with Crippen LogP contribution < -0.4 is 10.6 Å². The minimum absolute atomic E-state index is 0.0284. The molecule has 0 heterocycles. The van der Waals surface area contributed by atoms with Gasteiger partial charge in [0.15, 0.2) is 0 Å². The average Bonchev–Trinajstić information content (AvgIpc) is 2.33. The first-order valence-corrected chi connectivity index (χ1v) is 6.01. The van der Waals surface area contributed by atoms with Crippen molar-refractivity contribution in [3.63, 3.8) is 0 Å². The molecule has 0 radical (unpaired) electrons. The van der Waals surface area contributed by atoms with Crippen molar-refractivity contribution in [1.82, 2.24) is 0 Å². The molecule has 104 valence electrons. The van der Waals surface area contributed by atoms with Crippen LogP contribution in [0.4, 0.5) is 15.8 Å². The van der Waals surface area contributed by atoms with Crippen LogP contribution in [0.1, 0.15) is 26.2 Å². The number of benzene rings is 1. The summed E-state index contributed by atoms with van der Waals surface area (Å²) in [5.74, 6) is -1.16. The van der Waals surface area contributed by atoms with E-state index < -0.39 is 5.82 Å². The van der Waals surface area contributed by atoms with E-state index in [1.807, 2.05) is 0 Å². The maximum Gasteiger partial charge on any atom is 0.224 e. The van der Waals surface area contributed by atoms with Gasteiger partial charge in [-0.1, -0.05) is 0 Å². The zero-order valence-electron chi connectivity index (χ0n) is 10.7. The van der Waals surface area contributed by atoms with E-state index >= 15 is 0 Å². The van der Waals surface area contributed by atoms with Gasteiger partial charge in [0.2, 0.25) is 11.8 Å². The van der Waals surface area contributed by atoms with E-state index in [9.17, 15) is 14.0 Å². The smallest absolute Gasteiger partial charge is 0.224 e. The highest BCUT2D eigenvalue weighted by Crippen LogP contribution is 2.19. The van der Waals surface area contributed by atoms with Crippen molar-refractivity contribution < 1.29 is 19.1 Å². The molecule has 1 rings (SSSR count). The van der Waals surface area contributed by atoms with Gasteiger partial charge in [0.1, 0.15) is 5.82 Å². The number of amides is 2. The minimum atomic E-state index is -0.562. The molecule has 0 atom stereocenters.